The third kappa shape index (κ3) is 8.52. The monoisotopic (exact) mass is 860 g/mol. The van der Waals surface area contributed by atoms with Crippen LogP contribution < -0.4 is 35.0 Å². The molecule has 5 amide bonds. The zero-order chi connectivity index (χ0) is 44.2. The first-order valence-corrected chi connectivity index (χ1v) is 21.6. The summed E-state index contributed by atoms with van der Waals surface area (Å²) in [5.74, 6) is -0.0894. The van der Waals surface area contributed by atoms with E-state index in [0.29, 0.717) is 81.1 Å². The van der Waals surface area contributed by atoms with Crippen molar-refractivity contribution in [1.82, 2.24) is 25.2 Å². The molecule has 5 aliphatic heterocycles. The fraction of sp³-hybridized carbons (Fsp3) is 0.457. The summed E-state index contributed by atoms with van der Waals surface area (Å²) in [6.07, 6.45) is 5.98. The van der Waals surface area contributed by atoms with Crippen LogP contribution in [-0.4, -0.2) is 102 Å². The molecule has 1 spiro atoms. The van der Waals surface area contributed by atoms with Crippen LogP contribution in [0.5, 0.6) is 5.88 Å². The highest BCUT2D eigenvalue weighted by molar-refractivity contribution is 6.06. The van der Waals surface area contributed by atoms with E-state index >= 15 is 4.39 Å². The third-order valence-electron chi connectivity index (χ3n) is 12.7. The van der Waals surface area contributed by atoms with Gasteiger partial charge < -0.3 is 29.5 Å². The lowest BCUT2D eigenvalue weighted by Gasteiger charge is -2.54. The zero-order valence-corrected chi connectivity index (χ0v) is 36.4. The lowest BCUT2D eigenvalue weighted by Crippen LogP contribution is -2.62. The molecule has 3 saturated heterocycles. The number of rotatable bonds is 7. The molecule has 3 fully saturated rings. The number of pyridine rings is 1. The Hall–Kier alpha value is -6.52. The maximum Gasteiger partial charge on any atom is 0.415 e. The number of imide groups is 1. The second-order valence-corrected chi connectivity index (χ2v) is 18.3. The summed E-state index contributed by atoms with van der Waals surface area (Å²) in [6, 6.07) is 10.4. The standard InChI is InChI=1S/C46H53FN10O6/c1-28-20-33(8-9-36(28)56-15-11-38(58)52-43(56)60)53-16-12-46(13-17-53)26-55(27-46)39(59)21-30-6-7-32(22-34(30)47)50-42-49-23-31-10-14-54(25-35(31)51-42)37-24-48-41-40(29(37)2)57(18-19-62-41)44(61)63-45(3,4)5/h6-9,20,22-24H,10-19,21,25-27H2,1-5H3,(H,49,50,51)(H,52,58,60). The fourth-order valence-corrected chi connectivity index (χ4v) is 9.32. The van der Waals surface area contributed by atoms with E-state index in [0.717, 1.165) is 65.4 Å². The van der Waals surface area contributed by atoms with Crippen molar-refractivity contribution in [2.45, 2.75) is 78.9 Å². The van der Waals surface area contributed by atoms with Crippen LogP contribution in [0.3, 0.4) is 0 Å². The van der Waals surface area contributed by atoms with Crippen molar-refractivity contribution in [1.29, 1.82) is 0 Å². The number of aromatic nitrogens is 3. The molecule has 17 heteroatoms. The molecule has 9 rings (SSSR count). The Labute approximate surface area is 365 Å². The lowest BCUT2D eigenvalue weighted by atomic mass is 9.71. The van der Waals surface area contributed by atoms with Gasteiger partial charge in [-0.25, -0.2) is 28.9 Å². The fourth-order valence-electron chi connectivity index (χ4n) is 9.32. The van der Waals surface area contributed by atoms with Gasteiger partial charge in [0.25, 0.3) is 0 Å². The molecule has 2 aromatic carbocycles. The highest BCUT2D eigenvalue weighted by Gasteiger charge is 2.46. The van der Waals surface area contributed by atoms with Crippen LogP contribution >= 0.6 is 0 Å². The van der Waals surface area contributed by atoms with Gasteiger partial charge in [-0.05, 0) is 101 Å². The van der Waals surface area contributed by atoms with Crippen molar-refractivity contribution in [2.75, 3.05) is 77.3 Å². The predicted molar refractivity (Wildman–Crippen MR) is 235 cm³/mol. The summed E-state index contributed by atoms with van der Waals surface area (Å²) < 4.78 is 27.0. The first-order chi connectivity index (χ1) is 30.1. The van der Waals surface area contributed by atoms with E-state index in [4.69, 9.17) is 14.5 Å². The van der Waals surface area contributed by atoms with Crippen molar-refractivity contribution in [2.24, 2.45) is 5.41 Å². The Kier molecular flexibility index (Phi) is 10.8. The summed E-state index contributed by atoms with van der Waals surface area (Å²) in [7, 11) is 0. The molecule has 63 heavy (non-hydrogen) atoms. The highest BCUT2D eigenvalue weighted by atomic mass is 19.1. The Morgan fingerprint density at radius 1 is 0.937 bits per heavy atom. The Balaban J connectivity index is 0.781. The smallest absolute Gasteiger partial charge is 0.415 e. The maximum absolute atomic E-state index is 15.5. The van der Waals surface area contributed by atoms with Crippen LogP contribution in [0, 0.1) is 25.1 Å². The molecule has 330 valence electrons. The number of nitrogens with one attached hydrogen (secondary N) is 2. The third-order valence-corrected chi connectivity index (χ3v) is 12.7. The predicted octanol–water partition coefficient (Wildman–Crippen LogP) is 6.19. The van der Waals surface area contributed by atoms with E-state index < -0.39 is 23.5 Å². The number of hydrogen-bond donors (Lipinski definition) is 2. The molecule has 5 aliphatic rings. The van der Waals surface area contributed by atoms with E-state index in [1.807, 2.05) is 51.7 Å². The number of anilines is 6. The zero-order valence-electron chi connectivity index (χ0n) is 36.4. The summed E-state index contributed by atoms with van der Waals surface area (Å²) >= 11 is 0. The van der Waals surface area contributed by atoms with Crippen molar-refractivity contribution in [3.05, 3.63) is 82.6 Å². The topological polar surface area (TPSA) is 166 Å². The Morgan fingerprint density at radius 2 is 1.73 bits per heavy atom. The minimum Gasteiger partial charge on any atom is -0.474 e. The average molecular weight is 861 g/mol. The molecule has 4 aromatic rings. The SMILES string of the molecule is Cc1cc(N2CCC3(CC2)CN(C(=O)Cc2ccc(Nc4ncc5c(n4)CN(c4cnc6c(c4C)N(C(=O)OC(C)(C)C)CCO6)CC5)cc2F)C3)ccc1N1CCC(=O)NC1=O. The summed E-state index contributed by atoms with van der Waals surface area (Å²) in [4.78, 5) is 74.0. The number of hydrogen-bond acceptors (Lipinski definition) is 12. The molecule has 2 N–H and O–H groups in total. The molecule has 7 heterocycles. The molecule has 16 nitrogen and oxygen atoms in total. The lowest BCUT2D eigenvalue weighted by molar-refractivity contribution is -0.144. The number of likely N-dealkylation sites (tertiary alicyclic amines) is 1. The van der Waals surface area contributed by atoms with Gasteiger partial charge >= 0.3 is 12.1 Å². The Bertz CT molecular complexity index is 2490. The van der Waals surface area contributed by atoms with Gasteiger partial charge in [0.1, 0.15) is 23.7 Å². The van der Waals surface area contributed by atoms with Crippen LogP contribution in [0.1, 0.15) is 68.0 Å². The molecular formula is C46H53FN10O6. The van der Waals surface area contributed by atoms with Gasteiger partial charge in [0.15, 0.2) is 0 Å². The molecule has 0 unspecified atom stereocenters. The summed E-state index contributed by atoms with van der Waals surface area (Å²) in [5, 5.41) is 5.53. The number of fused-ring (bicyclic) bond motifs is 2. The first kappa shape index (κ1) is 41.8. The number of piperidine rings is 1. The molecule has 2 aromatic heterocycles. The van der Waals surface area contributed by atoms with Gasteiger partial charge in [-0.3, -0.25) is 24.7 Å². The number of ether oxygens (including phenoxy) is 2. The van der Waals surface area contributed by atoms with E-state index in [1.165, 1.54) is 6.07 Å². The number of carbonyl (C=O) groups is 4. The van der Waals surface area contributed by atoms with Crippen molar-refractivity contribution >= 4 is 58.3 Å². The van der Waals surface area contributed by atoms with E-state index in [1.54, 1.807) is 34.3 Å². The van der Waals surface area contributed by atoms with Crippen LogP contribution in [-0.2, 0) is 33.7 Å². The second-order valence-electron chi connectivity index (χ2n) is 18.3. The van der Waals surface area contributed by atoms with Crippen molar-refractivity contribution < 1.29 is 33.0 Å². The van der Waals surface area contributed by atoms with E-state index in [-0.39, 0.29) is 30.1 Å². The van der Waals surface area contributed by atoms with Gasteiger partial charge in [0.2, 0.25) is 23.6 Å². The van der Waals surface area contributed by atoms with Crippen molar-refractivity contribution in [3.63, 3.8) is 0 Å². The summed E-state index contributed by atoms with van der Waals surface area (Å²) in [6.45, 7) is 14.7. The van der Waals surface area contributed by atoms with E-state index in [9.17, 15) is 19.2 Å². The highest BCUT2D eigenvalue weighted by Crippen LogP contribution is 2.43. The Morgan fingerprint density at radius 3 is 2.46 bits per heavy atom. The van der Waals surface area contributed by atoms with Crippen LogP contribution in [0.25, 0.3) is 0 Å². The van der Waals surface area contributed by atoms with Gasteiger partial charge in [0.05, 0.1) is 37.1 Å². The number of carbonyl (C=O) groups excluding carboxylic acids is 4. The maximum atomic E-state index is 15.5. The van der Waals surface area contributed by atoms with Crippen LogP contribution in [0.15, 0.2) is 48.8 Å². The molecule has 0 radical (unpaired) electrons. The van der Waals surface area contributed by atoms with Gasteiger partial charge in [-0.1, -0.05) is 6.07 Å². The number of aryl methyl sites for hydroxylation is 1. The van der Waals surface area contributed by atoms with E-state index in [2.05, 4.69) is 36.5 Å². The van der Waals surface area contributed by atoms with Gasteiger partial charge in [0, 0.05) is 79.9 Å². The number of halogens is 1. The van der Waals surface area contributed by atoms with Crippen LogP contribution in [0.2, 0.25) is 0 Å². The molecule has 0 atom stereocenters. The molecule has 0 aliphatic carbocycles. The number of urea groups is 1. The normalized spacial score (nSPS) is 18.3. The molecular weight excluding hydrogens is 808 g/mol. The molecule has 0 bridgehead atoms. The average Bonchev–Trinajstić information content (AvgIpc) is 3.23. The van der Waals surface area contributed by atoms with Gasteiger partial charge in [-0.2, -0.15) is 0 Å². The second kappa shape index (κ2) is 16.3. The number of amides is 5. The van der Waals surface area contributed by atoms with Crippen molar-refractivity contribution in [3.8, 4) is 5.88 Å². The minimum atomic E-state index is -0.650. The quantitative estimate of drug-likeness (QED) is 0.217. The van der Waals surface area contributed by atoms with Crippen LogP contribution in [0.4, 0.5) is 48.4 Å². The summed E-state index contributed by atoms with van der Waals surface area (Å²) in [5.41, 5.74) is 7.24. The first-order valence-electron chi connectivity index (χ1n) is 21.6. The largest absolute Gasteiger partial charge is 0.474 e. The number of benzene rings is 2. The van der Waals surface area contributed by atoms with Gasteiger partial charge in [-0.15, -0.1) is 0 Å². The molecule has 0 saturated carbocycles. The minimum absolute atomic E-state index is 0.0209. The number of nitrogens with zero attached hydrogens (tertiary/aromatic N) is 8.